The summed E-state index contributed by atoms with van der Waals surface area (Å²) in [5.41, 5.74) is 8.58. The Labute approximate surface area is 139 Å². The number of hydrogen-bond donors (Lipinski definition) is 2. The standard InChI is InChI=1S/C19H29N3O/c1-13-6-5-8-17(14(13)2)21-19(23)12-22-11-16(20)10-15-7-3-4-9-18(15)22/h3-4,7,9,13-14,16-17H,5-6,8,10-12,20H2,1-2H3,(H,21,23). The van der Waals surface area contributed by atoms with Gasteiger partial charge in [0, 0.05) is 24.3 Å². The molecule has 0 radical (unpaired) electrons. The van der Waals surface area contributed by atoms with Crippen molar-refractivity contribution in [1.82, 2.24) is 5.32 Å². The number of carbonyl (C=O) groups is 1. The van der Waals surface area contributed by atoms with Crippen LogP contribution in [0.3, 0.4) is 0 Å². The molecular weight excluding hydrogens is 286 g/mol. The van der Waals surface area contributed by atoms with Gasteiger partial charge in [-0.3, -0.25) is 4.79 Å². The molecule has 4 heteroatoms. The number of carbonyl (C=O) groups excluding carboxylic acids is 1. The predicted octanol–water partition coefficient (Wildman–Crippen LogP) is 2.32. The normalized spacial score (nSPS) is 30.7. The van der Waals surface area contributed by atoms with Crippen molar-refractivity contribution in [2.24, 2.45) is 17.6 Å². The van der Waals surface area contributed by atoms with Crippen LogP contribution in [-0.4, -0.2) is 31.1 Å². The lowest BCUT2D eigenvalue weighted by Gasteiger charge is -2.37. The monoisotopic (exact) mass is 315 g/mol. The fourth-order valence-corrected chi connectivity index (χ4v) is 4.08. The Morgan fingerprint density at radius 2 is 2.09 bits per heavy atom. The molecule has 4 nitrogen and oxygen atoms in total. The lowest BCUT2D eigenvalue weighted by atomic mass is 9.78. The average Bonchev–Trinajstić information content (AvgIpc) is 2.51. The minimum atomic E-state index is 0.103. The van der Waals surface area contributed by atoms with E-state index in [1.807, 2.05) is 12.1 Å². The summed E-state index contributed by atoms with van der Waals surface area (Å²) in [6.07, 6.45) is 4.49. The zero-order chi connectivity index (χ0) is 16.4. The molecule has 4 atom stereocenters. The number of para-hydroxylation sites is 1. The van der Waals surface area contributed by atoms with Gasteiger partial charge in [-0.05, 0) is 36.3 Å². The van der Waals surface area contributed by atoms with Crippen LogP contribution in [-0.2, 0) is 11.2 Å². The second kappa shape index (κ2) is 6.91. The van der Waals surface area contributed by atoms with E-state index in [0.29, 0.717) is 24.4 Å². The molecule has 126 valence electrons. The Bertz CT molecular complexity index is 559. The van der Waals surface area contributed by atoms with Crippen LogP contribution in [0.5, 0.6) is 0 Å². The van der Waals surface area contributed by atoms with Crippen molar-refractivity contribution in [1.29, 1.82) is 0 Å². The number of anilines is 1. The van der Waals surface area contributed by atoms with Gasteiger partial charge in [0.15, 0.2) is 0 Å². The van der Waals surface area contributed by atoms with Gasteiger partial charge in [-0.2, -0.15) is 0 Å². The summed E-state index contributed by atoms with van der Waals surface area (Å²) >= 11 is 0. The number of benzene rings is 1. The minimum absolute atomic E-state index is 0.103. The van der Waals surface area contributed by atoms with Crippen molar-refractivity contribution in [3.63, 3.8) is 0 Å². The molecule has 0 bridgehead atoms. The average molecular weight is 315 g/mol. The summed E-state index contributed by atoms with van der Waals surface area (Å²) in [4.78, 5) is 14.7. The highest BCUT2D eigenvalue weighted by Crippen LogP contribution is 2.30. The molecule has 0 aromatic heterocycles. The highest BCUT2D eigenvalue weighted by atomic mass is 16.2. The fourth-order valence-electron chi connectivity index (χ4n) is 4.08. The Morgan fingerprint density at radius 3 is 2.91 bits per heavy atom. The van der Waals surface area contributed by atoms with Crippen LogP contribution in [0.1, 0.15) is 38.7 Å². The molecule has 1 heterocycles. The maximum Gasteiger partial charge on any atom is 0.239 e. The van der Waals surface area contributed by atoms with E-state index in [1.165, 1.54) is 18.4 Å². The molecule has 0 saturated heterocycles. The molecule has 1 aromatic rings. The summed E-state index contributed by atoms with van der Waals surface area (Å²) in [6.45, 7) is 5.72. The van der Waals surface area contributed by atoms with Crippen LogP contribution in [0.4, 0.5) is 5.69 Å². The maximum absolute atomic E-state index is 12.6. The van der Waals surface area contributed by atoms with Crippen molar-refractivity contribution in [2.75, 3.05) is 18.0 Å². The summed E-state index contributed by atoms with van der Waals surface area (Å²) in [5.74, 6) is 1.38. The number of fused-ring (bicyclic) bond motifs is 1. The van der Waals surface area contributed by atoms with Crippen LogP contribution < -0.4 is 16.0 Å². The zero-order valence-electron chi connectivity index (χ0n) is 14.3. The van der Waals surface area contributed by atoms with Crippen LogP contribution in [0.25, 0.3) is 0 Å². The van der Waals surface area contributed by atoms with Crippen molar-refractivity contribution in [3.05, 3.63) is 29.8 Å². The third-order valence-electron chi connectivity index (χ3n) is 5.66. The third-order valence-corrected chi connectivity index (χ3v) is 5.66. The van der Waals surface area contributed by atoms with Gasteiger partial charge in [0.2, 0.25) is 5.91 Å². The summed E-state index contributed by atoms with van der Waals surface area (Å²) < 4.78 is 0. The first-order valence-corrected chi connectivity index (χ1v) is 8.92. The van der Waals surface area contributed by atoms with Crippen molar-refractivity contribution >= 4 is 11.6 Å². The van der Waals surface area contributed by atoms with Crippen LogP contribution in [0.15, 0.2) is 24.3 Å². The van der Waals surface area contributed by atoms with E-state index >= 15 is 0 Å². The molecule has 4 unspecified atom stereocenters. The fraction of sp³-hybridized carbons (Fsp3) is 0.632. The predicted molar refractivity (Wildman–Crippen MR) is 94.4 cm³/mol. The molecule has 3 N–H and O–H groups in total. The molecule has 1 amide bonds. The Hall–Kier alpha value is -1.55. The zero-order valence-corrected chi connectivity index (χ0v) is 14.3. The van der Waals surface area contributed by atoms with Gasteiger partial charge in [0.25, 0.3) is 0 Å². The van der Waals surface area contributed by atoms with E-state index in [0.717, 1.165) is 25.1 Å². The molecule has 3 rings (SSSR count). The highest BCUT2D eigenvalue weighted by Gasteiger charge is 2.29. The molecule has 23 heavy (non-hydrogen) atoms. The van der Waals surface area contributed by atoms with Gasteiger partial charge < -0.3 is 16.0 Å². The molecule has 0 spiro atoms. The van der Waals surface area contributed by atoms with Crippen LogP contribution in [0, 0.1) is 11.8 Å². The van der Waals surface area contributed by atoms with Gasteiger partial charge in [-0.25, -0.2) is 0 Å². The van der Waals surface area contributed by atoms with Gasteiger partial charge in [0.1, 0.15) is 0 Å². The van der Waals surface area contributed by atoms with Crippen LogP contribution in [0.2, 0.25) is 0 Å². The Morgan fingerprint density at radius 1 is 1.30 bits per heavy atom. The van der Waals surface area contributed by atoms with E-state index in [4.69, 9.17) is 5.73 Å². The molecule has 1 saturated carbocycles. The first-order valence-electron chi connectivity index (χ1n) is 8.92. The summed E-state index contributed by atoms with van der Waals surface area (Å²) in [6, 6.07) is 8.71. The second-order valence-electron chi connectivity index (χ2n) is 7.41. The quantitative estimate of drug-likeness (QED) is 0.900. The molecule has 1 aromatic carbocycles. The summed E-state index contributed by atoms with van der Waals surface area (Å²) in [5, 5.41) is 3.27. The Kier molecular flexibility index (Phi) is 4.90. The highest BCUT2D eigenvalue weighted by molar-refractivity contribution is 5.82. The number of rotatable bonds is 3. The van der Waals surface area contributed by atoms with Gasteiger partial charge >= 0.3 is 0 Å². The molecule has 1 fully saturated rings. The lowest BCUT2D eigenvalue weighted by Crippen LogP contribution is -2.50. The van der Waals surface area contributed by atoms with E-state index in [2.05, 4.69) is 36.2 Å². The number of hydrogen-bond acceptors (Lipinski definition) is 3. The van der Waals surface area contributed by atoms with E-state index in [9.17, 15) is 4.79 Å². The third kappa shape index (κ3) is 3.69. The first kappa shape index (κ1) is 16.3. The number of amides is 1. The van der Waals surface area contributed by atoms with Gasteiger partial charge in [-0.15, -0.1) is 0 Å². The number of nitrogens with two attached hydrogens (primary N) is 1. The van der Waals surface area contributed by atoms with Gasteiger partial charge in [-0.1, -0.05) is 44.9 Å². The smallest absolute Gasteiger partial charge is 0.239 e. The molecule has 1 aliphatic heterocycles. The van der Waals surface area contributed by atoms with Crippen LogP contribution >= 0.6 is 0 Å². The van der Waals surface area contributed by atoms with Crippen molar-refractivity contribution < 1.29 is 4.79 Å². The minimum Gasteiger partial charge on any atom is -0.360 e. The number of nitrogens with one attached hydrogen (secondary N) is 1. The molecular formula is C19H29N3O. The number of nitrogens with zero attached hydrogens (tertiary/aromatic N) is 1. The lowest BCUT2D eigenvalue weighted by molar-refractivity contribution is -0.121. The second-order valence-corrected chi connectivity index (χ2v) is 7.41. The molecule has 1 aliphatic carbocycles. The van der Waals surface area contributed by atoms with Crippen molar-refractivity contribution in [3.8, 4) is 0 Å². The molecule has 2 aliphatic rings. The first-order chi connectivity index (χ1) is 11.0. The summed E-state index contributed by atoms with van der Waals surface area (Å²) in [7, 11) is 0. The van der Waals surface area contributed by atoms with Gasteiger partial charge in [0.05, 0.1) is 6.54 Å². The van der Waals surface area contributed by atoms with E-state index in [1.54, 1.807) is 0 Å². The van der Waals surface area contributed by atoms with E-state index < -0.39 is 0 Å². The van der Waals surface area contributed by atoms with Crippen molar-refractivity contribution in [2.45, 2.75) is 51.6 Å². The topological polar surface area (TPSA) is 58.4 Å². The Balaban J connectivity index is 1.64. The SMILES string of the molecule is CC1CCCC(NC(=O)CN2CC(N)Cc3ccccc32)C1C. The largest absolute Gasteiger partial charge is 0.360 e. The maximum atomic E-state index is 12.6. The van der Waals surface area contributed by atoms with E-state index in [-0.39, 0.29) is 11.9 Å².